The van der Waals surface area contributed by atoms with Crippen molar-refractivity contribution in [3.63, 3.8) is 0 Å². The van der Waals surface area contributed by atoms with Crippen LogP contribution in [-0.2, 0) is 9.59 Å². The third-order valence-electron chi connectivity index (χ3n) is 7.31. The number of rotatable bonds is 4. The van der Waals surface area contributed by atoms with Crippen LogP contribution in [0.25, 0.3) is 0 Å². The highest BCUT2D eigenvalue weighted by Crippen LogP contribution is 2.35. The van der Waals surface area contributed by atoms with E-state index < -0.39 is 0 Å². The molecule has 7 nitrogen and oxygen atoms in total. The minimum absolute atomic E-state index is 0.0503. The van der Waals surface area contributed by atoms with E-state index in [-0.39, 0.29) is 35.6 Å². The van der Waals surface area contributed by atoms with Crippen LogP contribution in [-0.4, -0.2) is 76.7 Å². The summed E-state index contributed by atoms with van der Waals surface area (Å²) in [5.41, 5.74) is 1.30. The van der Waals surface area contributed by atoms with E-state index in [1.165, 1.54) is 0 Å². The third kappa shape index (κ3) is 5.87. The van der Waals surface area contributed by atoms with Crippen LogP contribution in [0.1, 0.15) is 48.2 Å². The van der Waals surface area contributed by atoms with Crippen molar-refractivity contribution in [2.75, 3.05) is 33.2 Å². The zero-order valence-electron chi connectivity index (χ0n) is 20.3. The van der Waals surface area contributed by atoms with Gasteiger partial charge in [0.25, 0.3) is 5.91 Å². The van der Waals surface area contributed by atoms with Crippen molar-refractivity contribution < 1.29 is 14.4 Å². The molecule has 4 rings (SSSR count). The van der Waals surface area contributed by atoms with Gasteiger partial charge in [0.15, 0.2) is 0 Å². The van der Waals surface area contributed by atoms with Crippen molar-refractivity contribution in [2.45, 2.75) is 38.1 Å². The first kappa shape index (κ1) is 26.9. The summed E-state index contributed by atoms with van der Waals surface area (Å²) in [4.78, 5) is 48.1. The summed E-state index contributed by atoms with van der Waals surface area (Å²) in [6.45, 7) is 3.81. The van der Waals surface area contributed by atoms with Crippen LogP contribution < -0.4 is 0 Å². The van der Waals surface area contributed by atoms with Gasteiger partial charge in [-0.1, -0.05) is 29.3 Å². The molecule has 2 aliphatic heterocycles. The molecule has 3 amide bonds. The maximum absolute atomic E-state index is 13.5. The third-order valence-corrected chi connectivity index (χ3v) is 8.52. The number of carbonyl (C=O) groups excluding carboxylic acids is 3. The summed E-state index contributed by atoms with van der Waals surface area (Å²) in [5, 5.41) is 0.901. The lowest BCUT2D eigenvalue weighted by Crippen LogP contribution is -2.53. The highest BCUT2D eigenvalue weighted by atomic mass is 79.9. The fourth-order valence-corrected chi connectivity index (χ4v) is 5.75. The van der Waals surface area contributed by atoms with Gasteiger partial charge in [-0.25, -0.2) is 4.98 Å². The van der Waals surface area contributed by atoms with Gasteiger partial charge in [-0.15, -0.1) is 0 Å². The SMILES string of the molecule is CC(=O)N1CCC(C(=O)N2CC[C@@H](N(C)C(=O)c3ccc(Br)cn3)[C@H](c3ccc(Cl)c(Cl)c3)C2)CC1. The molecule has 0 unspecified atom stereocenters. The van der Waals surface area contributed by atoms with Crippen LogP contribution in [0, 0.1) is 5.92 Å². The lowest BCUT2D eigenvalue weighted by atomic mass is 9.84. The summed E-state index contributed by atoms with van der Waals surface area (Å²) >= 11 is 15.9. The lowest BCUT2D eigenvalue weighted by Gasteiger charge is -2.44. The number of amides is 3. The molecule has 2 fully saturated rings. The number of halogens is 3. The molecule has 0 radical (unpaired) electrons. The van der Waals surface area contributed by atoms with Crippen LogP contribution in [0.3, 0.4) is 0 Å². The molecule has 2 atom stereocenters. The van der Waals surface area contributed by atoms with Crippen molar-refractivity contribution >= 4 is 56.9 Å². The van der Waals surface area contributed by atoms with E-state index in [0.29, 0.717) is 61.2 Å². The Balaban J connectivity index is 1.55. The summed E-state index contributed by atoms with van der Waals surface area (Å²) in [6, 6.07) is 8.85. The summed E-state index contributed by atoms with van der Waals surface area (Å²) < 4.78 is 0.802. The predicted octanol–water partition coefficient (Wildman–Crippen LogP) is 4.87. The van der Waals surface area contributed by atoms with Gasteiger partial charge < -0.3 is 14.7 Å². The second-order valence-corrected chi connectivity index (χ2v) is 11.2. The van der Waals surface area contributed by atoms with Gasteiger partial charge in [-0.2, -0.15) is 0 Å². The molecule has 10 heteroatoms. The Kier molecular flexibility index (Phi) is 8.58. The number of likely N-dealkylation sites (N-methyl/N-ethyl adjacent to an activating group) is 1. The number of hydrogen-bond donors (Lipinski definition) is 0. The van der Waals surface area contributed by atoms with Gasteiger partial charge in [0, 0.05) is 68.7 Å². The van der Waals surface area contributed by atoms with Gasteiger partial charge in [0.2, 0.25) is 11.8 Å². The van der Waals surface area contributed by atoms with Gasteiger partial charge >= 0.3 is 0 Å². The highest BCUT2D eigenvalue weighted by molar-refractivity contribution is 9.10. The topological polar surface area (TPSA) is 73.8 Å². The number of carbonyl (C=O) groups is 3. The molecule has 3 heterocycles. The summed E-state index contributed by atoms with van der Waals surface area (Å²) in [7, 11) is 1.79. The Morgan fingerprint density at radius 2 is 1.69 bits per heavy atom. The van der Waals surface area contributed by atoms with E-state index in [1.807, 2.05) is 17.0 Å². The van der Waals surface area contributed by atoms with Crippen molar-refractivity contribution in [1.29, 1.82) is 0 Å². The molecule has 0 aliphatic carbocycles. The molecule has 0 N–H and O–H groups in total. The molecule has 1 aromatic heterocycles. The Labute approximate surface area is 229 Å². The molecule has 192 valence electrons. The van der Waals surface area contributed by atoms with Crippen LogP contribution in [0.15, 0.2) is 41.0 Å². The summed E-state index contributed by atoms with van der Waals surface area (Å²) in [6.07, 6.45) is 3.57. The first-order chi connectivity index (χ1) is 17.2. The van der Waals surface area contributed by atoms with Gasteiger partial charge in [0.1, 0.15) is 5.69 Å². The van der Waals surface area contributed by atoms with E-state index in [9.17, 15) is 14.4 Å². The molecule has 2 aliphatic rings. The standard InChI is InChI=1S/C26H29BrCl2N4O3/c1-16(34)32-10-7-17(8-11-32)25(35)33-12-9-24(20(15-33)18-3-5-21(28)22(29)13-18)31(2)26(36)23-6-4-19(27)14-30-23/h3-6,13-14,17,20,24H,7-12,15H2,1-2H3/t20-,24+/m0/s1. The number of pyridine rings is 1. The van der Waals surface area contributed by atoms with E-state index >= 15 is 0 Å². The number of benzene rings is 1. The number of hydrogen-bond acceptors (Lipinski definition) is 4. The van der Waals surface area contributed by atoms with Crippen molar-refractivity contribution in [2.24, 2.45) is 5.92 Å². The molecule has 0 saturated carbocycles. The summed E-state index contributed by atoms with van der Waals surface area (Å²) in [5.74, 6) is -0.245. The minimum atomic E-state index is -0.172. The Hall–Kier alpha value is -2.16. The number of nitrogens with zero attached hydrogens (tertiary/aromatic N) is 4. The Morgan fingerprint density at radius 1 is 1.00 bits per heavy atom. The zero-order chi connectivity index (χ0) is 26.0. The quantitative estimate of drug-likeness (QED) is 0.506. The molecular weight excluding hydrogens is 567 g/mol. The van der Waals surface area contributed by atoms with E-state index in [1.54, 1.807) is 48.2 Å². The number of piperidine rings is 2. The van der Waals surface area contributed by atoms with Crippen molar-refractivity contribution in [3.05, 3.63) is 62.3 Å². The molecule has 2 saturated heterocycles. The second-order valence-electron chi connectivity index (χ2n) is 9.48. The van der Waals surface area contributed by atoms with Crippen molar-refractivity contribution in [1.82, 2.24) is 19.7 Å². The molecule has 2 aromatic rings. The van der Waals surface area contributed by atoms with Crippen LogP contribution in [0.4, 0.5) is 0 Å². The number of likely N-dealkylation sites (tertiary alicyclic amines) is 2. The predicted molar refractivity (Wildman–Crippen MR) is 143 cm³/mol. The van der Waals surface area contributed by atoms with Crippen molar-refractivity contribution in [3.8, 4) is 0 Å². The van der Waals surface area contributed by atoms with Gasteiger partial charge in [-0.3, -0.25) is 14.4 Å². The largest absolute Gasteiger partial charge is 0.343 e. The van der Waals surface area contributed by atoms with Gasteiger partial charge in [-0.05, 0) is 65.0 Å². The average Bonchev–Trinajstić information content (AvgIpc) is 2.89. The Bertz CT molecular complexity index is 1140. The van der Waals surface area contributed by atoms with E-state index in [0.717, 1.165) is 10.0 Å². The maximum atomic E-state index is 13.5. The smallest absolute Gasteiger partial charge is 0.272 e. The maximum Gasteiger partial charge on any atom is 0.272 e. The monoisotopic (exact) mass is 594 g/mol. The average molecular weight is 596 g/mol. The molecule has 1 aromatic carbocycles. The molecule has 36 heavy (non-hydrogen) atoms. The highest BCUT2D eigenvalue weighted by Gasteiger charge is 2.39. The minimum Gasteiger partial charge on any atom is -0.343 e. The lowest BCUT2D eigenvalue weighted by molar-refractivity contribution is -0.141. The Morgan fingerprint density at radius 3 is 2.31 bits per heavy atom. The van der Waals surface area contributed by atoms with E-state index in [2.05, 4.69) is 20.9 Å². The first-order valence-electron chi connectivity index (χ1n) is 12.0. The van der Waals surface area contributed by atoms with Crippen LogP contribution in [0.2, 0.25) is 10.0 Å². The normalized spacial score (nSPS) is 20.8. The molecule has 0 spiro atoms. The second kappa shape index (κ2) is 11.5. The van der Waals surface area contributed by atoms with Crippen LogP contribution in [0.5, 0.6) is 0 Å². The molecular formula is C26H29BrCl2N4O3. The fourth-order valence-electron chi connectivity index (χ4n) is 5.21. The first-order valence-corrected chi connectivity index (χ1v) is 13.6. The van der Waals surface area contributed by atoms with Gasteiger partial charge in [0.05, 0.1) is 10.0 Å². The number of aromatic nitrogens is 1. The van der Waals surface area contributed by atoms with Crippen LogP contribution >= 0.6 is 39.1 Å². The fraction of sp³-hybridized carbons (Fsp3) is 0.462. The zero-order valence-corrected chi connectivity index (χ0v) is 23.4. The van der Waals surface area contributed by atoms with E-state index in [4.69, 9.17) is 23.2 Å². The molecule has 0 bridgehead atoms.